The van der Waals surface area contributed by atoms with E-state index >= 15 is 0 Å². The molecule has 188 valence electrons. The molecule has 4 aromatic rings. The minimum absolute atomic E-state index is 0.106. The Morgan fingerprint density at radius 1 is 0.946 bits per heavy atom. The van der Waals surface area contributed by atoms with E-state index in [0.717, 1.165) is 47.8 Å². The normalized spacial score (nSPS) is 14.9. The molecule has 0 radical (unpaired) electrons. The summed E-state index contributed by atoms with van der Waals surface area (Å²) in [5.74, 6) is 0.808. The molecule has 5 rings (SSSR count). The molecule has 1 aliphatic rings. The van der Waals surface area contributed by atoms with Gasteiger partial charge in [0.15, 0.2) is 0 Å². The molecule has 0 unspecified atom stereocenters. The van der Waals surface area contributed by atoms with Gasteiger partial charge in [-0.05, 0) is 71.6 Å². The Hall–Kier alpha value is -4.03. The van der Waals surface area contributed by atoms with Gasteiger partial charge in [0.25, 0.3) is 5.91 Å². The Morgan fingerprint density at radius 2 is 1.81 bits per heavy atom. The number of amides is 1. The van der Waals surface area contributed by atoms with Crippen molar-refractivity contribution in [2.24, 2.45) is 5.92 Å². The number of rotatable bonds is 9. The van der Waals surface area contributed by atoms with E-state index in [0.29, 0.717) is 31.2 Å². The molecule has 0 saturated carbocycles. The smallest absolute Gasteiger partial charge is 0.254 e. The zero-order valence-electron chi connectivity index (χ0n) is 20.6. The van der Waals surface area contributed by atoms with Gasteiger partial charge in [0.05, 0.1) is 25.5 Å². The van der Waals surface area contributed by atoms with E-state index in [1.54, 1.807) is 29.3 Å². The lowest BCUT2D eigenvalue weighted by Gasteiger charge is -2.23. The number of halogens is 1. The topological polar surface area (TPSA) is 51.7 Å². The predicted octanol–water partition coefficient (Wildman–Crippen LogP) is 6.15. The number of ether oxygens (including phenoxy) is 2. The highest BCUT2D eigenvalue weighted by Crippen LogP contribution is 2.23. The maximum Gasteiger partial charge on any atom is 0.254 e. The Labute approximate surface area is 216 Å². The fourth-order valence-corrected chi connectivity index (χ4v) is 4.43. The molecule has 2 heterocycles. The van der Waals surface area contributed by atoms with Gasteiger partial charge in [0.1, 0.15) is 11.6 Å². The Kier molecular flexibility index (Phi) is 7.87. The number of aromatic nitrogens is 1. The van der Waals surface area contributed by atoms with Gasteiger partial charge in [0, 0.05) is 30.8 Å². The molecule has 1 aromatic heterocycles. The largest absolute Gasteiger partial charge is 0.493 e. The van der Waals surface area contributed by atoms with Crippen molar-refractivity contribution in [3.63, 3.8) is 0 Å². The van der Waals surface area contributed by atoms with E-state index < -0.39 is 0 Å². The van der Waals surface area contributed by atoms with Crippen LogP contribution in [0.15, 0.2) is 97.2 Å². The zero-order chi connectivity index (χ0) is 25.5. The number of nitrogens with zero attached hydrogens (tertiary/aromatic N) is 2. The summed E-state index contributed by atoms with van der Waals surface area (Å²) >= 11 is 0. The molecule has 6 heteroatoms. The molecule has 0 N–H and O–H groups in total. The molecule has 3 aromatic carbocycles. The second kappa shape index (κ2) is 11.8. The highest BCUT2D eigenvalue weighted by atomic mass is 19.1. The summed E-state index contributed by atoms with van der Waals surface area (Å²) in [6, 6.07) is 27.3. The third kappa shape index (κ3) is 6.60. The van der Waals surface area contributed by atoms with Gasteiger partial charge in [-0.2, -0.15) is 0 Å². The molecule has 0 bridgehead atoms. The van der Waals surface area contributed by atoms with Crippen LogP contribution in [-0.4, -0.2) is 35.6 Å². The minimum Gasteiger partial charge on any atom is -0.493 e. The van der Waals surface area contributed by atoms with Crippen LogP contribution in [0.5, 0.6) is 5.75 Å². The van der Waals surface area contributed by atoms with Crippen molar-refractivity contribution in [1.29, 1.82) is 0 Å². The van der Waals surface area contributed by atoms with Crippen LogP contribution in [0.2, 0.25) is 0 Å². The molecule has 0 spiro atoms. The average molecular weight is 497 g/mol. The summed E-state index contributed by atoms with van der Waals surface area (Å²) in [5, 5.41) is 0. The van der Waals surface area contributed by atoms with Crippen LogP contribution in [0.4, 0.5) is 4.39 Å². The number of carbonyl (C=O) groups is 1. The highest BCUT2D eigenvalue weighted by molar-refractivity contribution is 5.94. The van der Waals surface area contributed by atoms with Crippen LogP contribution in [0, 0.1) is 11.7 Å². The van der Waals surface area contributed by atoms with E-state index in [2.05, 4.69) is 4.98 Å². The summed E-state index contributed by atoms with van der Waals surface area (Å²) in [7, 11) is 0. The Morgan fingerprint density at radius 3 is 2.57 bits per heavy atom. The van der Waals surface area contributed by atoms with Gasteiger partial charge in [-0.15, -0.1) is 0 Å². The monoisotopic (exact) mass is 496 g/mol. The van der Waals surface area contributed by atoms with Gasteiger partial charge < -0.3 is 14.4 Å². The van der Waals surface area contributed by atoms with Crippen LogP contribution in [0.1, 0.15) is 28.0 Å². The lowest BCUT2D eigenvalue weighted by Crippen LogP contribution is -2.30. The van der Waals surface area contributed by atoms with Crippen molar-refractivity contribution in [3.8, 4) is 16.9 Å². The van der Waals surface area contributed by atoms with E-state index in [-0.39, 0.29) is 11.7 Å². The SMILES string of the molecule is O=C(c1ccc(-c2cccc(F)c2)cc1)N(Cc1cccc(OC[C@H]2CCOC2)c1)Cc1ccccn1. The number of pyridine rings is 1. The third-order valence-electron chi connectivity index (χ3n) is 6.44. The molecule has 1 amide bonds. The van der Waals surface area contributed by atoms with E-state index in [9.17, 15) is 9.18 Å². The maximum absolute atomic E-state index is 13.7. The van der Waals surface area contributed by atoms with Crippen LogP contribution in [0.3, 0.4) is 0 Å². The standard InChI is InChI=1S/C31H29FN2O3/c32-28-7-4-6-27(18-28)25-10-12-26(13-11-25)31(35)34(20-29-8-1-2-15-33-29)19-23-5-3-9-30(17-23)37-22-24-14-16-36-21-24/h1-13,15,17-18,24H,14,16,19-22H2/t24-/m0/s1. The van der Waals surface area contributed by atoms with E-state index in [1.165, 1.54) is 12.1 Å². The first-order valence-electron chi connectivity index (χ1n) is 12.5. The van der Waals surface area contributed by atoms with Crippen LogP contribution in [-0.2, 0) is 17.8 Å². The van der Waals surface area contributed by atoms with Gasteiger partial charge in [-0.1, -0.05) is 42.5 Å². The summed E-state index contributed by atoms with van der Waals surface area (Å²) in [6.45, 7) is 2.93. The van der Waals surface area contributed by atoms with Gasteiger partial charge >= 0.3 is 0 Å². The summed E-state index contributed by atoms with van der Waals surface area (Å²) in [6.07, 6.45) is 2.75. The number of benzene rings is 3. The molecule has 5 nitrogen and oxygen atoms in total. The van der Waals surface area contributed by atoms with E-state index in [1.807, 2.05) is 60.7 Å². The number of hydrogen-bond acceptors (Lipinski definition) is 4. The highest BCUT2D eigenvalue weighted by Gasteiger charge is 2.19. The van der Waals surface area contributed by atoms with Crippen molar-refractivity contribution in [2.45, 2.75) is 19.5 Å². The van der Waals surface area contributed by atoms with Crippen molar-refractivity contribution < 1.29 is 18.7 Å². The Bertz CT molecular complexity index is 1320. The molecule has 1 atom stereocenters. The molecule has 37 heavy (non-hydrogen) atoms. The first-order chi connectivity index (χ1) is 18.1. The molecular weight excluding hydrogens is 467 g/mol. The van der Waals surface area contributed by atoms with Crippen LogP contribution < -0.4 is 4.74 Å². The lowest BCUT2D eigenvalue weighted by atomic mass is 10.0. The molecule has 0 aliphatic carbocycles. The van der Waals surface area contributed by atoms with Gasteiger partial charge in [-0.25, -0.2) is 4.39 Å². The van der Waals surface area contributed by atoms with Crippen LogP contribution >= 0.6 is 0 Å². The van der Waals surface area contributed by atoms with Crippen molar-refractivity contribution >= 4 is 5.91 Å². The molecular formula is C31H29FN2O3. The first-order valence-corrected chi connectivity index (χ1v) is 12.5. The summed E-state index contributed by atoms with van der Waals surface area (Å²) < 4.78 is 25.1. The van der Waals surface area contributed by atoms with Crippen LogP contribution in [0.25, 0.3) is 11.1 Å². The second-order valence-corrected chi connectivity index (χ2v) is 9.26. The van der Waals surface area contributed by atoms with Crippen molar-refractivity contribution in [1.82, 2.24) is 9.88 Å². The summed E-state index contributed by atoms with van der Waals surface area (Å²) in [5.41, 5.74) is 3.96. The Balaban J connectivity index is 1.34. The zero-order valence-corrected chi connectivity index (χ0v) is 20.6. The van der Waals surface area contributed by atoms with Gasteiger partial charge in [-0.3, -0.25) is 9.78 Å². The molecule has 1 saturated heterocycles. The summed E-state index contributed by atoms with van der Waals surface area (Å²) in [4.78, 5) is 19.8. The fourth-order valence-electron chi connectivity index (χ4n) is 4.43. The average Bonchev–Trinajstić information content (AvgIpc) is 3.46. The third-order valence-corrected chi connectivity index (χ3v) is 6.44. The van der Waals surface area contributed by atoms with Crippen molar-refractivity contribution in [2.75, 3.05) is 19.8 Å². The molecule has 1 aliphatic heterocycles. The van der Waals surface area contributed by atoms with Crippen molar-refractivity contribution in [3.05, 3.63) is 120 Å². The molecule has 1 fully saturated rings. The quantitative estimate of drug-likeness (QED) is 0.279. The maximum atomic E-state index is 13.7. The fraction of sp³-hybridized carbons (Fsp3) is 0.226. The predicted molar refractivity (Wildman–Crippen MR) is 141 cm³/mol. The number of hydrogen-bond donors (Lipinski definition) is 0. The van der Waals surface area contributed by atoms with Gasteiger partial charge in [0.2, 0.25) is 0 Å². The van der Waals surface area contributed by atoms with E-state index in [4.69, 9.17) is 9.47 Å². The first kappa shape index (κ1) is 24.7. The second-order valence-electron chi connectivity index (χ2n) is 9.26. The minimum atomic E-state index is -0.290. The number of carbonyl (C=O) groups excluding carboxylic acids is 1. The lowest BCUT2D eigenvalue weighted by molar-refractivity contribution is 0.0727.